The molecule has 1 N–H and O–H groups in total. The van der Waals surface area contributed by atoms with Gasteiger partial charge in [0.25, 0.3) is 0 Å². The molecule has 1 aromatic rings. The van der Waals surface area contributed by atoms with E-state index in [0.717, 1.165) is 31.5 Å². The van der Waals surface area contributed by atoms with E-state index in [4.69, 9.17) is 0 Å². The van der Waals surface area contributed by atoms with Crippen LogP contribution < -0.4 is 0 Å². The summed E-state index contributed by atoms with van der Waals surface area (Å²) in [4.78, 5) is 2.28. The van der Waals surface area contributed by atoms with Gasteiger partial charge in [-0.2, -0.15) is 0 Å². The Morgan fingerprint density at radius 3 is 2.53 bits per heavy atom. The van der Waals surface area contributed by atoms with Crippen LogP contribution in [0.15, 0.2) is 18.2 Å². The first kappa shape index (κ1) is 13.1. The number of hydrogen-bond acceptors (Lipinski definition) is 2. The average molecular weight is 263 g/mol. The van der Waals surface area contributed by atoms with Crippen LogP contribution in [0.2, 0.25) is 0 Å². The van der Waals surface area contributed by atoms with Gasteiger partial charge in [-0.3, -0.25) is 4.90 Å². The van der Waals surface area contributed by atoms with Gasteiger partial charge in [-0.25, -0.2) is 4.39 Å². The van der Waals surface area contributed by atoms with E-state index in [1.807, 2.05) is 6.07 Å². The Labute approximate surface area is 114 Å². The van der Waals surface area contributed by atoms with Gasteiger partial charge >= 0.3 is 0 Å². The lowest BCUT2D eigenvalue weighted by Gasteiger charge is -2.34. The quantitative estimate of drug-likeness (QED) is 0.905. The summed E-state index contributed by atoms with van der Waals surface area (Å²) in [5.41, 5.74) is 2.11. The van der Waals surface area contributed by atoms with Gasteiger partial charge in [0.05, 0.1) is 6.10 Å². The lowest BCUT2D eigenvalue weighted by molar-refractivity contribution is 0.0637. The van der Waals surface area contributed by atoms with Crippen LogP contribution in [0.4, 0.5) is 4.39 Å². The first-order valence-electron chi connectivity index (χ1n) is 7.36. The number of nitrogens with zero attached hydrogens (tertiary/aromatic N) is 1. The zero-order valence-electron chi connectivity index (χ0n) is 11.5. The Bertz CT molecular complexity index is 450. The van der Waals surface area contributed by atoms with Crippen molar-refractivity contribution in [3.63, 3.8) is 0 Å². The molecule has 0 radical (unpaired) electrons. The monoisotopic (exact) mass is 263 g/mol. The van der Waals surface area contributed by atoms with Crippen LogP contribution in [0.25, 0.3) is 0 Å². The molecule has 1 aliphatic heterocycles. The molecular weight excluding hydrogens is 241 g/mol. The SMILES string of the molecule is C[C@H](c1cc(C2CC2)ccc1F)N1CCC(O)CC1. The smallest absolute Gasteiger partial charge is 0.127 e. The van der Waals surface area contributed by atoms with E-state index in [1.165, 1.54) is 18.4 Å². The minimum atomic E-state index is -0.175. The van der Waals surface area contributed by atoms with Crippen LogP contribution in [0.3, 0.4) is 0 Å². The number of likely N-dealkylation sites (tertiary alicyclic amines) is 1. The average Bonchev–Trinajstić information content (AvgIpc) is 3.24. The number of benzene rings is 1. The molecule has 1 heterocycles. The van der Waals surface area contributed by atoms with E-state index in [0.29, 0.717) is 5.92 Å². The highest BCUT2D eigenvalue weighted by Crippen LogP contribution is 2.41. The predicted molar refractivity (Wildman–Crippen MR) is 73.6 cm³/mol. The molecule has 1 aromatic carbocycles. The molecule has 2 fully saturated rings. The van der Waals surface area contributed by atoms with E-state index in [2.05, 4.69) is 17.9 Å². The van der Waals surface area contributed by atoms with Gasteiger partial charge in [-0.1, -0.05) is 12.1 Å². The second kappa shape index (κ2) is 5.22. The number of hydrogen-bond donors (Lipinski definition) is 1. The Hall–Kier alpha value is -0.930. The molecule has 1 aliphatic carbocycles. The largest absolute Gasteiger partial charge is 0.393 e. The first-order valence-corrected chi connectivity index (χ1v) is 7.36. The van der Waals surface area contributed by atoms with Crippen molar-refractivity contribution in [3.05, 3.63) is 35.1 Å². The Balaban J connectivity index is 1.78. The molecule has 0 bridgehead atoms. The molecule has 1 saturated carbocycles. The van der Waals surface area contributed by atoms with Gasteiger partial charge in [-0.15, -0.1) is 0 Å². The summed E-state index contributed by atoms with van der Waals surface area (Å²) in [5.74, 6) is 0.567. The van der Waals surface area contributed by atoms with E-state index in [1.54, 1.807) is 6.07 Å². The number of piperidine rings is 1. The molecule has 104 valence electrons. The van der Waals surface area contributed by atoms with Crippen molar-refractivity contribution >= 4 is 0 Å². The fourth-order valence-corrected chi connectivity index (χ4v) is 3.02. The molecule has 0 spiro atoms. The topological polar surface area (TPSA) is 23.5 Å². The van der Waals surface area contributed by atoms with Crippen LogP contribution in [-0.2, 0) is 0 Å². The molecule has 0 unspecified atom stereocenters. The third-order valence-corrected chi connectivity index (χ3v) is 4.57. The van der Waals surface area contributed by atoms with Crippen molar-refractivity contribution in [1.82, 2.24) is 4.90 Å². The maximum atomic E-state index is 14.1. The number of rotatable bonds is 3. The molecule has 1 saturated heterocycles. The normalized spacial score (nSPS) is 23.5. The maximum absolute atomic E-state index is 14.1. The van der Waals surface area contributed by atoms with Crippen LogP contribution in [-0.4, -0.2) is 29.2 Å². The number of aliphatic hydroxyl groups is 1. The highest BCUT2D eigenvalue weighted by atomic mass is 19.1. The zero-order chi connectivity index (χ0) is 13.4. The van der Waals surface area contributed by atoms with Gasteiger partial charge in [-0.05, 0) is 50.2 Å². The van der Waals surface area contributed by atoms with E-state index in [9.17, 15) is 9.50 Å². The molecule has 2 aliphatic rings. The molecule has 0 aromatic heterocycles. The van der Waals surface area contributed by atoms with Gasteiger partial charge in [0, 0.05) is 24.7 Å². The lowest BCUT2D eigenvalue weighted by Crippen LogP contribution is -2.37. The van der Waals surface area contributed by atoms with Crippen LogP contribution in [0, 0.1) is 5.82 Å². The summed E-state index contributed by atoms with van der Waals surface area (Å²) in [7, 11) is 0. The fraction of sp³-hybridized carbons (Fsp3) is 0.625. The highest BCUT2D eigenvalue weighted by Gasteiger charge is 2.27. The lowest BCUT2D eigenvalue weighted by atomic mass is 9.98. The van der Waals surface area contributed by atoms with Crippen LogP contribution in [0.5, 0.6) is 0 Å². The van der Waals surface area contributed by atoms with Gasteiger partial charge < -0.3 is 5.11 Å². The summed E-state index contributed by atoms with van der Waals surface area (Å²) < 4.78 is 14.1. The number of halogens is 1. The van der Waals surface area contributed by atoms with Crippen molar-refractivity contribution in [2.75, 3.05) is 13.1 Å². The zero-order valence-corrected chi connectivity index (χ0v) is 11.5. The van der Waals surface area contributed by atoms with E-state index in [-0.39, 0.29) is 18.0 Å². The molecule has 2 nitrogen and oxygen atoms in total. The van der Waals surface area contributed by atoms with Crippen LogP contribution in [0.1, 0.15) is 55.7 Å². The molecular formula is C16H22FNO. The first-order chi connectivity index (χ1) is 9.15. The van der Waals surface area contributed by atoms with Crippen molar-refractivity contribution in [1.29, 1.82) is 0 Å². The van der Waals surface area contributed by atoms with Crippen LogP contribution >= 0.6 is 0 Å². The Morgan fingerprint density at radius 2 is 1.89 bits per heavy atom. The van der Waals surface area contributed by atoms with Crippen molar-refractivity contribution < 1.29 is 9.50 Å². The minimum Gasteiger partial charge on any atom is -0.393 e. The number of aliphatic hydroxyl groups excluding tert-OH is 1. The minimum absolute atomic E-state index is 0.0944. The summed E-state index contributed by atoms with van der Waals surface area (Å²) >= 11 is 0. The molecule has 19 heavy (non-hydrogen) atoms. The Kier molecular flexibility index (Phi) is 3.59. The van der Waals surface area contributed by atoms with E-state index >= 15 is 0 Å². The van der Waals surface area contributed by atoms with Crippen molar-refractivity contribution in [2.45, 2.75) is 50.7 Å². The predicted octanol–water partition coefficient (Wildman–Crippen LogP) is 3.22. The second-order valence-electron chi connectivity index (χ2n) is 6.00. The summed E-state index contributed by atoms with van der Waals surface area (Å²) in [5, 5.41) is 9.56. The molecule has 3 heteroatoms. The van der Waals surface area contributed by atoms with Gasteiger partial charge in [0.1, 0.15) is 5.82 Å². The summed E-state index contributed by atoms with van der Waals surface area (Å²) in [6.45, 7) is 3.79. The summed E-state index contributed by atoms with van der Waals surface area (Å²) in [6.07, 6.45) is 3.92. The molecule has 3 rings (SSSR count). The molecule has 0 amide bonds. The van der Waals surface area contributed by atoms with Crippen molar-refractivity contribution in [2.24, 2.45) is 0 Å². The second-order valence-corrected chi connectivity index (χ2v) is 6.00. The fourth-order valence-electron chi connectivity index (χ4n) is 3.02. The summed E-state index contributed by atoms with van der Waals surface area (Å²) in [6, 6.07) is 5.72. The third-order valence-electron chi connectivity index (χ3n) is 4.57. The highest BCUT2D eigenvalue weighted by molar-refractivity contribution is 5.32. The Morgan fingerprint density at radius 1 is 1.21 bits per heavy atom. The molecule has 1 atom stereocenters. The van der Waals surface area contributed by atoms with E-state index < -0.39 is 0 Å². The van der Waals surface area contributed by atoms with Crippen molar-refractivity contribution in [3.8, 4) is 0 Å². The van der Waals surface area contributed by atoms with Gasteiger partial charge in [0.2, 0.25) is 0 Å². The maximum Gasteiger partial charge on any atom is 0.127 e. The standard InChI is InChI=1S/C16H22FNO/c1-11(18-8-6-14(19)7-9-18)15-10-13(12-2-3-12)4-5-16(15)17/h4-5,10-12,14,19H,2-3,6-9H2,1H3/t11-/m1/s1. The van der Waals surface area contributed by atoms with Gasteiger partial charge in [0.15, 0.2) is 0 Å². The third kappa shape index (κ3) is 2.82.